The van der Waals surface area contributed by atoms with Crippen LogP contribution in [-0.2, 0) is 12.8 Å². The lowest BCUT2D eigenvalue weighted by Crippen LogP contribution is -2.33. The number of H-pyrrole nitrogens is 1. The molecule has 1 atom stereocenters. The second-order valence-corrected chi connectivity index (χ2v) is 6.96. The Morgan fingerprint density at radius 3 is 2.66 bits per heavy atom. The number of benzene rings is 1. The molecule has 0 saturated heterocycles. The molecule has 0 spiro atoms. The predicted octanol–water partition coefficient (Wildman–Crippen LogP) is 3.22. The van der Waals surface area contributed by atoms with Crippen LogP contribution in [0.2, 0.25) is 0 Å². The fourth-order valence-corrected chi connectivity index (χ4v) is 3.48. The standard InChI is InChI=1S/C18H16F4N4O2S/c19-12-5-9(18(20,21)22)1-2-11(12)13-3-4-14(25-13)16(28)26-15(6-23)17-24-10(7-27)8-29-17/h1-5,8,15,25,27H,6-7,23H2,(H,26,28)/t15-/m0/s1. The summed E-state index contributed by atoms with van der Waals surface area (Å²) in [4.78, 5) is 19.3. The minimum absolute atomic E-state index is 0.0607. The molecule has 0 unspecified atom stereocenters. The summed E-state index contributed by atoms with van der Waals surface area (Å²) in [7, 11) is 0. The summed E-state index contributed by atoms with van der Waals surface area (Å²) in [6.07, 6.45) is -4.65. The number of carbonyl (C=O) groups is 1. The van der Waals surface area contributed by atoms with Crippen molar-refractivity contribution in [2.75, 3.05) is 6.54 Å². The Bertz CT molecular complexity index is 1020. The summed E-state index contributed by atoms with van der Waals surface area (Å²) in [5, 5.41) is 13.9. The van der Waals surface area contributed by atoms with E-state index in [2.05, 4.69) is 15.3 Å². The van der Waals surface area contributed by atoms with Gasteiger partial charge in [0, 0.05) is 23.2 Å². The number of thiazole rings is 1. The highest BCUT2D eigenvalue weighted by Gasteiger charge is 2.31. The number of aliphatic hydroxyl groups is 1. The molecule has 0 fully saturated rings. The Hall–Kier alpha value is -2.76. The lowest BCUT2D eigenvalue weighted by atomic mass is 10.1. The van der Waals surface area contributed by atoms with Crippen LogP contribution < -0.4 is 11.1 Å². The van der Waals surface area contributed by atoms with Crippen LogP contribution in [0.25, 0.3) is 11.3 Å². The van der Waals surface area contributed by atoms with Crippen molar-refractivity contribution < 1.29 is 27.5 Å². The first-order chi connectivity index (χ1) is 13.7. The van der Waals surface area contributed by atoms with Crippen LogP contribution >= 0.6 is 11.3 Å². The maximum absolute atomic E-state index is 14.1. The monoisotopic (exact) mass is 428 g/mol. The molecule has 2 aromatic heterocycles. The average Bonchev–Trinajstić information content (AvgIpc) is 3.34. The molecule has 2 heterocycles. The second-order valence-electron chi connectivity index (χ2n) is 6.08. The molecule has 0 radical (unpaired) electrons. The van der Waals surface area contributed by atoms with Gasteiger partial charge in [0.25, 0.3) is 5.91 Å². The van der Waals surface area contributed by atoms with Gasteiger partial charge in [-0.05, 0) is 30.3 Å². The summed E-state index contributed by atoms with van der Waals surface area (Å²) in [6, 6.07) is 4.36. The predicted molar refractivity (Wildman–Crippen MR) is 98.5 cm³/mol. The van der Waals surface area contributed by atoms with Gasteiger partial charge in [0.05, 0.1) is 23.9 Å². The number of alkyl halides is 3. The van der Waals surface area contributed by atoms with Crippen molar-refractivity contribution in [2.45, 2.75) is 18.8 Å². The van der Waals surface area contributed by atoms with Gasteiger partial charge in [-0.3, -0.25) is 4.79 Å². The topological polar surface area (TPSA) is 104 Å². The van der Waals surface area contributed by atoms with Crippen LogP contribution in [-0.4, -0.2) is 27.5 Å². The number of carbonyl (C=O) groups excluding carboxylic acids is 1. The quantitative estimate of drug-likeness (QED) is 0.453. The second kappa shape index (κ2) is 8.31. The Labute approximate surface area is 166 Å². The van der Waals surface area contributed by atoms with Gasteiger partial charge in [0.1, 0.15) is 16.5 Å². The summed E-state index contributed by atoms with van der Waals surface area (Å²) in [5.74, 6) is -1.60. The highest BCUT2D eigenvalue weighted by atomic mass is 32.1. The maximum Gasteiger partial charge on any atom is 0.416 e. The van der Waals surface area contributed by atoms with Crippen molar-refractivity contribution in [2.24, 2.45) is 5.73 Å². The van der Waals surface area contributed by atoms with E-state index in [9.17, 15) is 22.4 Å². The Morgan fingerprint density at radius 1 is 1.31 bits per heavy atom. The van der Waals surface area contributed by atoms with E-state index < -0.39 is 29.5 Å². The molecule has 1 amide bonds. The van der Waals surface area contributed by atoms with E-state index in [0.717, 1.165) is 12.1 Å². The van der Waals surface area contributed by atoms with E-state index in [-0.39, 0.29) is 30.1 Å². The van der Waals surface area contributed by atoms with Gasteiger partial charge in [0.2, 0.25) is 0 Å². The first-order valence-electron chi connectivity index (χ1n) is 8.35. The van der Waals surface area contributed by atoms with Gasteiger partial charge < -0.3 is 21.1 Å². The summed E-state index contributed by atoms with van der Waals surface area (Å²) in [6.45, 7) is -0.175. The zero-order valence-electron chi connectivity index (χ0n) is 14.8. The normalized spacial score (nSPS) is 12.8. The van der Waals surface area contributed by atoms with Crippen molar-refractivity contribution in [1.29, 1.82) is 0 Å². The van der Waals surface area contributed by atoms with E-state index in [1.54, 1.807) is 5.38 Å². The minimum Gasteiger partial charge on any atom is -0.390 e. The van der Waals surface area contributed by atoms with E-state index >= 15 is 0 Å². The van der Waals surface area contributed by atoms with Gasteiger partial charge in [-0.2, -0.15) is 13.2 Å². The van der Waals surface area contributed by atoms with Crippen LogP contribution in [0.3, 0.4) is 0 Å². The maximum atomic E-state index is 14.1. The molecule has 6 nitrogen and oxygen atoms in total. The van der Waals surface area contributed by atoms with Gasteiger partial charge in [-0.25, -0.2) is 9.37 Å². The molecule has 0 aliphatic carbocycles. The van der Waals surface area contributed by atoms with Crippen molar-refractivity contribution in [3.05, 3.63) is 63.5 Å². The Morgan fingerprint density at radius 2 is 2.07 bits per heavy atom. The van der Waals surface area contributed by atoms with E-state index in [0.29, 0.717) is 16.8 Å². The molecule has 0 bridgehead atoms. The number of nitrogens with one attached hydrogen (secondary N) is 2. The third-order valence-corrected chi connectivity index (χ3v) is 5.10. The lowest BCUT2D eigenvalue weighted by molar-refractivity contribution is -0.137. The van der Waals surface area contributed by atoms with Crippen molar-refractivity contribution in [1.82, 2.24) is 15.3 Å². The molecule has 3 aromatic rings. The number of hydrogen-bond acceptors (Lipinski definition) is 5. The molecular formula is C18H16F4N4O2S. The summed E-state index contributed by atoms with van der Waals surface area (Å²) in [5.41, 5.74) is 5.18. The van der Waals surface area contributed by atoms with Crippen LogP contribution in [0.4, 0.5) is 17.6 Å². The average molecular weight is 428 g/mol. The van der Waals surface area contributed by atoms with Gasteiger partial charge in [-0.15, -0.1) is 11.3 Å². The van der Waals surface area contributed by atoms with Crippen LogP contribution in [0.1, 0.15) is 32.8 Å². The lowest BCUT2D eigenvalue weighted by Gasteiger charge is -2.13. The molecule has 1 aromatic carbocycles. The summed E-state index contributed by atoms with van der Waals surface area (Å²) < 4.78 is 52.2. The Balaban J connectivity index is 1.77. The Kier molecular flexibility index (Phi) is 6.01. The molecule has 29 heavy (non-hydrogen) atoms. The van der Waals surface area contributed by atoms with Crippen LogP contribution in [0.15, 0.2) is 35.7 Å². The first kappa shape index (κ1) is 21.0. The van der Waals surface area contributed by atoms with Gasteiger partial charge >= 0.3 is 6.18 Å². The SMILES string of the molecule is NC[C@H](NC(=O)c1ccc(-c2ccc(C(F)(F)F)cc2F)[nH]1)c1nc(CO)cs1. The summed E-state index contributed by atoms with van der Waals surface area (Å²) >= 11 is 1.23. The zero-order valence-corrected chi connectivity index (χ0v) is 15.6. The molecule has 0 aliphatic heterocycles. The number of aromatic nitrogens is 2. The number of aromatic amines is 1. The number of halogens is 4. The fourth-order valence-electron chi connectivity index (χ4n) is 2.61. The van der Waals surface area contributed by atoms with E-state index in [4.69, 9.17) is 10.8 Å². The van der Waals surface area contributed by atoms with Crippen molar-refractivity contribution >= 4 is 17.2 Å². The highest BCUT2D eigenvalue weighted by Crippen LogP contribution is 2.32. The third kappa shape index (κ3) is 4.63. The van der Waals surface area contributed by atoms with E-state index in [1.807, 2.05) is 0 Å². The zero-order chi connectivity index (χ0) is 21.2. The van der Waals surface area contributed by atoms with Crippen LogP contribution in [0.5, 0.6) is 0 Å². The largest absolute Gasteiger partial charge is 0.416 e. The fraction of sp³-hybridized carbons (Fsp3) is 0.222. The number of nitrogens with zero attached hydrogens (tertiary/aromatic N) is 1. The molecule has 3 rings (SSSR count). The molecular weight excluding hydrogens is 412 g/mol. The number of amides is 1. The number of nitrogens with two attached hydrogens (primary N) is 1. The first-order valence-corrected chi connectivity index (χ1v) is 9.23. The molecule has 154 valence electrons. The molecule has 11 heteroatoms. The van der Waals surface area contributed by atoms with Crippen molar-refractivity contribution in [3.8, 4) is 11.3 Å². The number of aliphatic hydroxyl groups excluding tert-OH is 1. The highest BCUT2D eigenvalue weighted by molar-refractivity contribution is 7.09. The minimum atomic E-state index is -4.65. The molecule has 5 N–H and O–H groups in total. The van der Waals surface area contributed by atoms with Gasteiger partial charge in [0.15, 0.2) is 0 Å². The number of hydrogen-bond donors (Lipinski definition) is 4. The molecule has 0 saturated carbocycles. The number of rotatable bonds is 6. The molecule has 0 aliphatic rings. The third-order valence-electron chi connectivity index (χ3n) is 4.09. The van der Waals surface area contributed by atoms with Crippen molar-refractivity contribution in [3.63, 3.8) is 0 Å². The van der Waals surface area contributed by atoms with E-state index in [1.165, 1.54) is 23.5 Å². The smallest absolute Gasteiger partial charge is 0.390 e. The van der Waals surface area contributed by atoms with Gasteiger partial charge in [-0.1, -0.05) is 0 Å². The van der Waals surface area contributed by atoms with Crippen LogP contribution in [0, 0.1) is 5.82 Å².